The molecule has 0 radical (unpaired) electrons. The lowest BCUT2D eigenvalue weighted by atomic mass is 9.64. The highest BCUT2D eigenvalue weighted by atomic mass is 35.5. The summed E-state index contributed by atoms with van der Waals surface area (Å²) in [6.07, 6.45) is 4.91. The molecule has 18 heavy (non-hydrogen) atoms. The molecule has 0 spiro atoms. The Bertz CT molecular complexity index is 401. The van der Waals surface area contributed by atoms with Gasteiger partial charge in [0.2, 0.25) is 0 Å². The zero-order chi connectivity index (χ0) is 13.0. The van der Waals surface area contributed by atoms with Gasteiger partial charge in [-0.1, -0.05) is 24.9 Å². The van der Waals surface area contributed by atoms with Crippen LogP contribution in [0.2, 0.25) is 5.02 Å². The van der Waals surface area contributed by atoms with Crippen molar-refractivity contribution >= 4 is 11.6 Å². The van der Waals surface area contributed by atoms with Gasteiger partial charge in [-0.25, -0.2) is 0 Å². The van der Waals surface area contributed by atoms with E-state index in [0.29, 0.717) is 0 Å². The van der Waals surface area contributed by atoms with Crippen molar-refractivity contribution in [2.45, 2.75) is 38.0 Å². The molecule has 100 valence electrons. The van der Waals surface area contributed by atoms with Gasteiger partial charge in [0.1, 0.15) is 5.75 Å². The van der Waals surface area contributed by atoms with Crippen LogP contribution in [0.3, 0.4) is 0 Å². The maximum Gasteiger partial charge on any atom is 0.122 e. The maximum absolute atomic E-state index is 6.15. The summed E-state index contributed by atoms with van der Waals surface area (Å²) in [6, 6.07) is 5.96. The quantitative estimate of drug-likeness (QED) is 0.793. The molecule has 0 aliphatic heterocycles. The first kappa shape index (κ1) is 13.7. The van der Waals surface area contributed by atoms with Crippen molar-refractivity contribution in [2.75, 3.05) is 20.2 Å². The Morgan fingerprint density at radius 2 is 2.17 bits per heavy atom. The van der Waals surface area contributed by atoms with E-state index in [9.17, 15) is 0 Å². The molecule has 2 nitrogen and oxygen atoms in total. The summed E-state index contributed by atoms with van der Waals surface area (Å²) in [6.45, 7) is 4.29. The van der Waals surface area contributed by atoms with Crippen LogP contribution in [0.4, 0.5) is 0 Å². The summed E-state index contributed by atoms with van der Waals surface area (Å²) in [5, 5.41) is 4.35. The molecule has 1 aromatic rings. The second-order valence-electron chi connectivity index (χ2n) is 5.16. The van der Waals surface area contributed by atoms with E-state index in [-0.39, 0.29) is 5.41 Å². The number of hydrogen-bond acceptors (Lipinski definition) is 2. The molecule has 0 saturated heterocycles. The largest absolute Gasteiger partial charge is 0.496 e. The van der Waals surface area contributed by atoms with Crippen molar-refractivity contribution in [1.29, 1.82) is 0 Å². The van der Waals surface area contributed by atoms with Gasteiger partial charge in [-0.05, 0) is 44.0 Å². The lowest BCUT2D eigenvalue weighted by Crippen LogP contribution is -2.44. The van der Waals surface area contributed by atoms with Crippen molar-refractivity contribution in [2.24, 2.45) is 0 Å². The van der Waals surface area contributed by atoms with Crippen LogP contribution < -0.4 is 10.1 Å². The van der Waals surface area contributed by atoms with Crippen LogP contribution in [-0.2, 0) is 5.41 Å². The van der Waals surface area contributed by atoms with Gasteiger partial charge in [0.05, 0.1) is 7.11 Å². The van der Waals surface area contributed by atoms with E-state index in [2.05, 4.69) is 18.3 Å². The third kappa shape index (κ3) is 2.65. The predicted molar refractivity (Wildman–Crippen MR) is 76.7 cm³/mol. The Balaban J connectivity index is 2.23. The van der Waals surface area contributed by atoms with E-state index in [4.69, 9.17) is 16.3 Å². The number of hydrogen-bond donors (Lipinski definition) is 1. The molecule has 1 aliphatic carbocycles. The highest BCUT2D eigenvalue weighted by Gasteiger charge is 2.40. The highest BCUT2D eigenvalue weighted by Crippen LogP contribution is 2.47. The van der Waals surface area contributed by atoms with Crippen molar-refractivity contribution < 1.29 is 4.74 Å². The minimum atomic E-state index is 0.228. The third-order valence-corrected chi connectivity index (χ3v) is 4.17. The standard InChI is InChI=1S/C15H22ClNO/c1-3-9-17-11-15(7-4-8-15)13-10-12(16)5-6-14(13)18-2/h5-6,10,17H,3-4,7-9,11H2,1-2H3. The van der Waals surface area contributed by atoms with Crippen LogP contribution in [0.5, 0.6) is 5.75 Å². The molecule has 0 amide bonds. The monoisotopic (exact) mass is 267 g/mol. The first-order valence-corrected chi connectivity index (χ1v) is 7.14. The van der Waals surface area contributed by atoms with E-state index >= 15 is 0 Å². The molecular weight excluding hydrogens is 246 g/mol. The fraction of sp³-hybridized carbons (Fsp3) is 0.600. The third-order valence-electron chi connectivity index (χ3n) is 3.93. The van der Waals surface area contributed by atoms with Gasteiger partial charge in [-0.2, -0.15) is 0 Å². The second kappa shape index (κ2) is 5.94. The molecule has 1 aliphatic rings. The van der Waals surface area contributed by atoms with Gasteiger partial charge < -0.3 is 10.1 Å². The van der Waals surface area contributed by atoms with E-state index in [1.807, 2.05) is 12.1 Å². The number of nitrogens with one attached hydrogen (secondary N) is 1. The fourth-order valence-electron chi connectivity index (χ4n) is 2.74. The van der Waals surface area contributed by atoms with E-state index in [0.717, 1.165) is 23.9 Å². The van der Waals surface area contributed by atoms with Gasteiger partial charge in [0.15, 0.2) is 0 Å². The first-order chi connectivity index (χ1) is 8.72. The average Bonchev–Trinajstić information content (AvgIpc) is 2.33. The predicted octanol–water partition coefficient (Wildman–Crippen LogP) is 3.77. The van der Waals surface area contributed by atoms with Crippen LogP contribution in [0.15, 0.2) is 18.2 Å². The molecule has 0 unspecified atom stereocenters. The molecule has 1 N–H and O–H groups in total. The summed E-state index contributed by atoms with van der Waals surface area (Å²) in [7, 11) is 1.73. The lowest BCUT2D eigenvalue weighted by molar-refractivity contribution is 0.226. The van der Waals surface area contributed by atoms with Crippen molar-refractivity contribution in [3.63, 3.8) is 0 Å². The fourth-order valence-corrected chi connectivity index (χ4v) is 2.92. The zero-order valence-corrected chi connectivity index (χ0v) is 12.0. The number of halogens is 1. The molecule has 0 aromatic heterocycles. The number of benzene rings is 1. The van der Waals surface area contributed by atoms with Gasteiger partial charge in [0.25, 0.3) is 0 Å². The zero-order valence-electron chi connectivity index (χ0n) is 11.3. The first-order valence-electron chi connectivity index (χ1n) is 6.76. The summed E-state index contributed by atoms with van der Waals surface area (Å²) in [5.41, 5.74) is 1.50. The maximum atomic E-state index is 6.15. The Morgan fingerprint density at radius 1 is 1.39 bits per heavy atom. The minimum absolute atomic E-state index is 0.228. The second-order valence-corrected chi connectivity index (χ2v) is 5.59. The van der Waals surface area contributed by atoms with Crippen molar-refractivity contribution in [3.05, 3.63) is 28.8 Å². The molecule has 0 heterocycles. The summed E-state index contributed by atoms with van der Waals surface area (Å²) in [4.78, 5) is 0. The highest BCUT2D eigenvalue weighted by molar-refractivity contribution is 6.30. The molecule has 3 heteroatoms. The number of methoxy groups -OCH3 is 1. The lowest BCUT2D eigenvalue weighted by Gasteiger charge is -2.43. The average molecular weight is 268 g/mol. The Morgan fingerprint density at radius 3 is 2.72 bits per heavy atom. The van der Waals surface area contributed by atoms with Crippen LogP contribution in [0, 0.1) is 0 Å². The van der Waals surface area contributed by atoms with E-state index in [1.165, 1.54) is 31.2 Å². The Labute approximate surface area is 115 Å². The molecule has 1 saturated carbocycles. The summed E-state index contributed by atoms with van der Waals surface area (Å²) in [5.74, 6) is 0.970. The molecular formula is C15H22ClNO. The minimum Gasteiger partial charge on any atom is -0.496 e. The van der Waals surface area contributed by atoms with Crippen LogP contribution in [-0.4, -0.2) is 20.2 Å². The van der Waals surface area contributed by atoms with Gasteiger partial charge in [-0.15, -0.1) is 0 Å². The Kier molecular flexibility index (Phi) is 4.52. The van der Waals surface area contributed by atoms with E-state index < -0.39 is 0 Å². The SMILES string of the molecule is CCCNCC1(c2cc(Cl)ccc2OC)CCC1. The normalized spacial score (nSPS) is 17.3. The smallest absolute Gasteiger partial charge is 0.122 e. The molecule has 0 bridgehead atoms. The van der Waals surface area contributed by atoms with Crippen LogP contribution >= 0.6 is 11.6 Å². The Hall–Kier alpha value is -0.730. The van der Waals surface area contributed by atoms with Gasteiger partial charge >= 0.3 is 0 Å². The van der Waals surface area contributed by atoms with Crippen molar-refractivity contribution in [3.8, 4) is 5.75 Å². The van der Waals surface area contributed by atoms with Gasteiger partial charge in [0, 0.05) is 22.5 Å². The van der Waals surface area contributed by atoms with Crippen molar-refractivity contribution in [1.82, 2.24) is 5.32 Å². The van der Waals surface area contributed by atoms with Crippen LogP contribution in [0.25, 0.3) is 0 Å². The molecule has 1 fully saturated rings. The van der Waals surface area contributed by atoms with Crippen LogP contribution in [0.1, 0.15) is 38.2 Å². The summed E-state index contributed by atoms with van der Waals surface area (Å²) >= 11 is 6.15. The topological polar surface area (TPSA) is 21.3 Å². The number of rotatable bonds is 6. The summed E-state index contributed by atoms with van der Waals surface area (Å²) < 4.78 is 5.50. The molecule has 1 aromatic carbocycles. The molecule has 2 rings (SSSR count). The van der Waals surface area contributed by atoms with E-state index in [1.54, 1.807) is 7.11 Å². The number of ether oxygens (including phenoxy) is 1. The van der Waals surface area contributed by atoms with Gasteiger partial charge in [-0.3, -0.25) is 0 Å². The molecule has 0 atom stereocenters.